The van der Waals surface area contributed by atoms with Crippen LogP contribution in [0.5, 0.6) is 5.75 Å². The van der Waals surface area contributed by atoms with E-state index in [4.69, 9.17) is 4.74 Å². The van der Waals surface area contributed by atoms with Gasteiger partial charge in [-0.15, -0.1) is 0 Å². The largest absolute Gasteiger partial charge is 0.489 e. The molecule has 0 radical (unpaired) electrons. The minimum Gasteiger partial charge on any atom is -0.489 e. The zero-order valence-electron chi connectivity index (χ0n) is 9.19. The number of rotatable bonds is 1. The molecule has 0 fully saturated rings. The number of ether oxygens (including phenoxy) is 1. The second kappa shape index (κ2) is 4.41. The molecule has 0 aromatic heterocycles. The predicted octanol–water partition coefficient (Wildman–Crippen LogP) is 3.99. The monoisotopic (exact) mass is 289 g/mol. The highest BCUT2D eigenvalue weighted by atomic mass is 79.9. The van der Waals surface area contributed by atoms with Crippen LogP contribution in [0.25, 0.3) is 0 Å². The molecule has 0 spiro atoms. The van der Waals surface area contributed by atoms with Gasteiger partial charge in [-0.2, -0.15) is 0 Å². The van der Waals surface area contributed by atoms with E-state index in [1.54, 1.807) is 0 Å². The van der Waals surface area contributed by atoms with E-state index in [-0.39, 0.29) is 6.04 Å². The van der Waals surface area contributed by atoms with Crippen molar-refractivity contribution in [2.75, 3.05) is 11.9 Å². The van der Waals surface area contributed by atoms with Crippen molar-refractivity contribution < 1.29 is 4.74 Å². The Kier molecular flexibility index (Phi) is 2.77. The van der Waals surface area contributed by atoms with E-state index in [2.05, 4.69) is 33.4 Å². The maximum absolute atomic E-state index is 5.76. The normalized spacial score (nSPS) is 17.8. The van der Waals surface area contributed by atoms with E-state index in [9.17, 15) is 0 Å². The number of hydrogen-bond acceptors (Lipinski definition) is 2. The highest BCUT2D eigenvalue weighted by Crippen LogP contribution is 2.35. The summed E-state index contributed by atoms with van der Waals surface area (Å²) in [5.74, 6) is 0.927. The molecule has 2 aromatic rings. The van der Waals surface area contributed by atoms with Crippen molar-refractivity contribution in [1.29, 1.82) is 0 Å². The van der Waals surface area contributed by atoms with Crippen LogP contribution in [0, 0.1) is 0 Å². The number of halogens is 1. The van der Waals surface area contributed by atoms with Crippen LogP contribution in [0.4, 0.5) is 5.69 Å². The second-order valence-corrected chi connectivity index (χ2v) is 4.88. The van der Waals surface area contributed by atoms with E-state index in [0.717, 1.165) is 15.9 Å². The van der Waals surface area contributed by atoms with Crippen molar-refractivity contribution in [1.82, 2.24) is 0 Å². The molecule has 0 aliphatic carbocycles. The molecule has 1 atom stereocenters. The minimum atomic E-state index is 0.195. The summed E-state index contributed by atoms with van der Waals surface area (Å²) in [7, 11) is 0. The number of hydrogen-bond donors (Lipinski definition) is 1. The van der Waals surface area contributed by atoms with E-state index >= 15 is 0 Å². The van der Waals surface area contributed by atoms with Crippen molar-refractivity contribution in [3.05, 3.63) is 58.6 Å². The van der Waals surface area contributed by atoms with Crippen LogP contribution in [-0.4, -0.2) is 6.61 Å². The summed E-state index contributed by atoms with van der Waals surface area (Å²) >= 11 is 3.58. The van der Waals surface area contributed by atoms with Gasteiger partial charge in [0.15, 0.2) is 0 Å². The zero-order chi connectivity index (χ0) is 11.7. The summed E-state index contributed by atoms with van der Waals surface area (Å²) in [6.45, 7) is 0.652. The van der Waals surface area contributed by atoms with Crippen LogP contribution < -0.4 is 10.1 Å². The third kappa shape index (κ3) is 2.03. The van der Waals surface area contributed by atoms with Crippen LogP contribution in [0.2, 0.25) is 0 Å². The fourth-order valence-corrected chi connectivity index (χ4v) is 2.60. The molecule has 1 aliphatic rings. The van der Waals surface area contributed by atoms with Crippen LogP contribution in [0.3, 0.4) is 0 Å². The molecule has 1 heterocycles. The maximum atomic E-state index is 5.76. The van der Waals surface area contributed by atoms with Crippen LogP contribution >= 0.6 is 15.9 Å². The Morgan fingerprint density at radius 3 is 2.71 bits per heavy atom. The SMILES string of the molecule is Brc1ccccc1C1COc2ccccc2N1. The number of nitrogens with one attached hydrogen (secondary N) is 1. The third-order valence-electron chi connectivity index (χ3n) is 2.90. The minimum absolute atomic E-state index is 0.195. The topological polar surface area (TPSA) is 21.3 Å². The maximum Gasteiger partial charge on any atom is 0.142 e. The Labute approximate surface area is 109 Å². The summed E-state index contributed by atoms with van der Waals surface area (Å²) in [6, 6.07) is 16.4. The second-order valence-electron chi connectivity index (χ2n) is 4.03. The van der Waals surface area contributed by atoms with Crippen LogP contribution in [-0.2, 0) is 0 Å². The van der Waals surface area contributed by atoms with Gasteiger partial charge in [0.2, 0.25) is 0 Å². The van der Waals surface area contributed by atoms with Crippen molar-refractivity contribution in [3.8, 4) is 5.75 Å². The van der Waals surface area contributed by atoms with E-state index in [1.807, 2.05) is 36.4 Å². The molecule has 2 nitrogen and oxygen atoms in total. The van der Waals surface area contributed by atoms with Crippen molar-refractivity contribution in [2.24, 2.45) is 0 Å². The highest BCUT2D eigenvalue weighted by molar-refractivity contribution is 9.10. The molecule has 3 heteroatoms. The van der Waals surface area contributed by atoms with Crippen molar-refractivity contribution in [2.45, 2.75) is 6.04 Å². The van der Waals surface area contributed by atoms with E-state index in [1.165, 1.54) is 5.56 Å². The predicted molar refractivity (Wildman–Crippen MR) is 72.4 cm³/mol. The van der Waals surface area contributed by atoms with Gasteiger partial charge >= 0.3 is 0 Å². The zero-order valence-corrected chi connectivity index (χ0v) is 10.8. The molecule has 0 amide bonds. The van der Waals surface area contributed by atoms with Gasteiger partial charge in [-0.05, 0) is 23.8 Å². The van der Waals surface area contributed by atoms with E-state index < -0.39 is 0 Å². The lowest BCUT2D eigenvalue weighted by molar-refractivity contribution is 0.286. The lowest BCUT2D eigenvalue weighted by atomic mass is 10.1. The molecule has 86 valence electrons. The smallest absolute Gasteiger partial charge is 0.142 e. The van der Waals surface area contributed by atoms with Crippen molar-refractivity contribution in [3.63, 3.8) is 0 Å². The van der Waals surface area contributed by atoms with Gasteiger partial charge in [-0.3, -0.25) is 0 Å². The van der Waals surface area contributed by atoms with Gasteiger partial charge < -0.3 is 10.1 Å². The van der Waals surface area contributed by atoms with Gasteiger partial charge in [-0.1, -0.05) is 46.3 Å². The molecule has 3 rings (SSSR count). The average molecular weight is 290 g/mol. The lowest BCUT2D eigenvalue weighted by Crippen LogP contribution is -2.24. The van der Waals surface area contributed by atoms with E-state index in [0.29, 0.717) is 6.61 Å². The lowest BCUT2D eigenvalue weighted by Gasteiger charge is -2.28. The van der Waals surface area contributed by atoms with Gasteiger partial charge in [0.05, 0.1) is 11.7 Å². The van der Waals surface area contributed by atoms with Crippen LogP contribution in [0.15, 0.2) is 53.0 Å². The molecule has 1 aliphatic heterocycles. The molecule has 1 N–H and O–H groups in total. The first kappa shape index (κ1) is 10.7. The summed E-state index contributed by atoms with van der Waals surface area (Å²) in [5, 5.41) is 3.50. The molecular formula is C14H12BrNO. The van der Waals surface area contributed by atoms with Gasteiger partial charge in [0.25, 0.3) is 0 Å². The first-order valence-corrected chi connectivity index (χ1v) is 6.37. The fourth-order valence-electron chi connectivity index (χ4n) is 2.04. The summed E-state index contributed by atoms with van der Waals surface area (Å²) in [5.41, 5.74) is 2.28. The molecule has 0 bridgehead atoms. The summed E-state index contributed by atoms with van der Waals surface area (Å²) < 4.78 is 6.87. The van der Waals surface area contributed by atoms with Crippen molar-refractivity contribution >= 4 is 21.6 Å². The average Bonchev–Trinajstić information content (AvgIpc) is 2.39. The highest BCUT2D eigenvalue weighted by Gasteiger charge is 2.21. The van der Waals surface area contributed by atoms with Gasteiger partial charge in [-0.25, -0.2) is 0 Å². The Bertz CT molecular complexity index is 541. The van der Waals surface area contributed by atoms with Gasteiger partial charge in [0, 0.05) is 4.47 Å². The molecule has 17 heavy (non-hydrogen) atoms. The molecule has 0 saturated heterocycles. The standard InChI is InChI=1S/C14H12BrNO/c15-11-6-2-1-5-10(11)13-9-17-14-8-4-3-7-12(14)16-13/h1-8,13,16H,9H2. The van der Waals surface area contributed by atoms with Gasteiger partial charge in [0.1, 0.15) is 12.4 Å². The quantitative estimate of drug-likeness (QED) is 0.857. The molecule has 2 aromatic carbocycles. The molecule has 0 saturated carbocycles. The number of para-hydroxylation sites is 2. The molecule has 1 unspecified atom stereocenters. The third-order valence-corrected chi connectivity index (χ3v) is 3.63. The first-order chi connectivity index (χ1) is 8.34. The Morgan fingerprint density at radius 1 is 1.06 bits per heavy atom. The Hall–Kier alpha value is -1.48. The number of fused-ring (bicyclic) bond motifs is 1. The Balaban J connectivity index is 1.92. The molecular weight excluding hydrogens is 278 g/mol. The Morgan fingerprint density at radius 2 is 1.82 bits per heavy atom. The number of benzene rings is 2. The summed E-state index contributed by atoms with van der Waals surface area (Å²) in [4.78, 5) is 0. The van der Waals surface area contributed by atoms with Crippen LogP contribution in [0.1, 0.15) is 11.6 Å². The summed E-state index contributed by atoms with van der Waals surface area (Å²) in [6.07, 6.45) is 0. The number of anilines is 1. The first-order valence-electron chi connectivity index (χ1n) is 5.57. The fraction of sp³-hybridized carbons (Fsp3) is 0.143.